The van der Waals surface area contributed by atoms with Gasteiger partial charge in [0.15, 0.2) is 11.5 Å². The molecule has 0 aliphatic carbocycles. The molecule has 114 valence electrons. The number of hydrogen-bond acceptors (Lipinski definition) is 7. The van der Waals surface area contributed by atoms with Crippen LogP contribution in [-0.4, -0.2) is 45.8 Å². The Morgan fingerprint density at radius 3 is 3.00 bits per heavy atom. The zero-order valence-corrected chi connectivity index (χ0v) is 11.3. The van der Waals surface area contributed by atoms with Gasteiger partial charge in [-0.1, -0.05) is 5.16 Å². The van der Waals surface area contributed by atoms with Crippen LogP contribution in [0, 0.1) is 16.0 Å². The van der Waals surface area contributed by atoms with E-state index in [1.807, 2.05) is 4.90 Å². The van der Waals surface area contributed by atoms with E-state index in [0.29, 0.717) is 11.7 Å². The summed E-state index contributed by atoms with van der Waals surface area (Å²) in [6.45, 7) is 1.62. The molecule has 21 heavy (non-hydrogen) atoms. The lowest BCUT2D eigenvalue weighted by Gasteiger charge is -2.18. The van der Waals surface area contributed by atoms with Gasteiger partial charge in [0.1, 0.15) is 5.82 Å². The fraction of sp³-hybridized carbons (Fsp3) is 0.500. The number of nitro groups is 1. The van der Waals surface area contributed by atoms with Gasteiger partial charge in [-0.25, -0.2) is 4.98 Å². The van der Waals surface area contributed by atoms with Crippen molar-refractivity contribution in [2.24, 2.45) is 16.8 Å². The molecule has 1 aromatic heterocycles. The van der Waals surface area contributed by atoms with E-state index in [-0.39, 0.29) is 18.0 Å². The molecule has 0 bridgehead atoms. The molecular weight excluding hydrogens is 278 g/mol. The fourth-order valence-electron chi connectivity index (χ4n) is 2.46. The number of aliphatic hydroxyl groups excluding tert-OH is 1. The van der Waals surface area contributed by atoms with Crippen LogP contribution in [0.15, 0.2) is 17.3 Å². The monoisotopic (exact) mass is 295 g/mol. The molecule has 0 amide bonds. The fourth-order valence-corrected chi connectivity index (χ4v) is 2.46. The summed E-state index contributed by atoms with van der Waals surface area (Å²) in [5, 5.41) is 31.4. The van der Waals surface area contributed by atoms with E-state index in [1.54, 1.807) is 6.07 Å². The Hall–Kier alpha value is -2.42. The molecular formula is C12H17N5O4. The third kappa shape index (κ3) is 3.19. The Bertz CT molecular complexity index is 563. The summed E-state index contributed by atoms with van der Waals surface area (Å²) in [6, 6.07) is 2.85. The first-order chi connectivity index (χ1) is 10.1. The summed E-state index contributed by atoms with van der Waals surface area (Å²) in [5.74, 6) is 0.525. The summed E-state index contributed by atoms with van der Waals surface area (Å²) >= 11 is 0. The van der Waals surface area contributed by atoms with Gasteiger partial charge in [0.25, 0.3) is 5.69 Å². The van der Waals surface area contributed by atoms with Crippen LogP contribution in [0.25, 0.3) is 0 Å². The lowest BCUT2D eigenvalue weighted by atomic mass is 10.1. The van der Waals surface area contributed by atoms with E-state index in [1.165, 1.54) is 6.07 Å². The molecule has 0 radical (unpaired) electrons. The molecule has 4 N–H and O–H groups in total. The van der Waals surface area contributed by atoms with Gasteiger partial charge in [-0.3, -0.25) is 10.1 Å². The van der Waals surface area contributed by atoms with Crippen molar-refractivity contribution in [1.82, 2.24) is 4.98 Å². The highest BCUT2D eigenvalue weighted by Crippen LogP contribution is 2.27. The number of aromatic nitrogens is 1. The van der Waals surface area contributed by atoms with Crippen molar-refractivity contribution in [1.29, 1.82) is 0 Å². The zero-order chi connectivity index (χ0) is 15.4. The van der Waals surface area contributed by atoms with E-state index >= 15 is 0 Å². The highest BCUT2D eigenvalue weighted by Gasteiger charge is 2.26. The minimum atomic E-state index is -0.622. The van der Waals surface area contributed by atoms with Crippen molar-refractivity contribution in [2.45, 2.75) is 12.8 Å². The molecule has 1 saturated heterocycles. The van der Waals surface area contributed by atoms with Gasteiger partial charge < -0.3 is 20.9 Å². The molecule has 2 rings (SSSR count). The van der Waals surface area contributed by atoms with Gasteiger partial charge in [-0.15, -0.1) is 0 Å². The van der Waals surface area contributed by atoms with Crippen molar-refractivity contribution in [3.05, 3.63) is 27.9 Å². The third-order valence-electron chi connectivity index (χ3n) is 3.55. The smallest absolute Gasteiger partial charge is 0.298 e. The van der Waals surface area contributed by atoms with Gasteiger partial charge in [0, 0.05) is 25.8 Å². The number of amidine groups is 1. The average molecular weight is 295 g/mol. The largest absolute Gasteiger partial charge is 0.409 e. The first-order valence-corrected chi connectivity index (χ1v) is 6.56. The number of aliphatic hydroxyl groups is 1. The molecule has 0 saturated carbocycles. The maximum Gasteiger partial charge on any atom is 0.298 e. The predicted molar refractivity (Wildman–Crippen MR) is 75.4 cm³/mol. The van der Waals surface area contributed by atoms with Crippen molar-refractivity contribution in [3.8, 4) is 0 Å². The first-order valence-electron chi connectivity index (χ1n) is 6.56. The Morgan fingerprint density at radius 1 is 1.62 bits per heavy atom. The second-order valence-electron chi connectivity index (χ2n) is 4.89. The molecule has 9 nitrogen and oxygen atoms in total. The van der Waals surface area contributed by atoms with E-state index in [0.717, 1.165) is 25.9 Å². The summed E-state index contributed by atoms with van der Waals surface area (Å²) in [6.07, 6.45) is 1.65. The number of oxime groups is 1. The summed E-state index contributed by atoms with van der Waals surface area (Å²) in [4.78, 5) is 16.4. The minimum absolute atomic E-state index is 0.140. The molecule has 0 aromatic carbocycles. The average Bonchev–Trinajstić information content (AvgIpc) is 2.94. The predicted octanol–water partition coefficient (Wildman–Crippen LogP) is 0.293. The van der Waals surface area contributed by atoms with Crippen molar-refractivity contribution in [2.75, 3.05) is 24.6 Å². The third-order valence-corrected chi connectivity index (χ3v) is 3.55. The van der Waals surface area contributed by atoms with Gasteiger partial charge in [-0.2, -0.15) is 0 Å². The highest BCUT2D eigenvalue weighted by molar-refractivity contribution is 5.99. The number of nitrogens with two attached hydrogens (primary N) is 1. The SMILES string of the molecule is N/C(=N/O)c1nc(N2CCC(CCO)C2)ccc1[N+](=O)[O-]. The normalized spacial score (nSPS) is 19.0. The summed E-state index contributed by atoms with van der Waals surface area (Å²) in [5.41, 5.74) is 5.00. The van der Waals surface area contributed by atoms with Crippen LogP contribution in [0.2, 0.25) is 0 Å². The Labute approximate surface area is 120 Å². The van der Waals surface area contributed by atoms with E-state index in [2.05, 4.69) is 10.1 Å². The molecule has 1 aliphatic rings. The lowest BCUT2D eigenvalue weighted by molar-refractivity contribution is -0.385. The van der Waals surface area contributed by atoms with E-state index in [9.17, 15) is 10.1 Å². The van der Waals surface area contributed by atoms with Crippen molar-refractivity contribution >= 4 is 17.3 Å². The number of rotatable bonds is 5. The maximum absolute atomic E-state index is 10.9. The van der Waals surface area contributed by atoms with Crippen LogP contribution in [0.3, 0.4) is 0 Å². The van der Waals surface area contributed by atoms with Crippen LogP contribution in [-0.2, 0) is 0 Å². The van der Waals surface area contributed by atoms with Crippen molar-refractivity contribution in [3.63, 3.8) is 0 Å². The van der Waals surface area contributed by atoms with Crippen LogP contribution < -0.4 is 10.6 Å². The van der Waals surface area contributed by atoms with Gasteiger partial charge in [0.2, 0.25) is 0 Å². The Balaban J connectivity index is 2.28. The number of nitrogens with zero attached hydrogens (tertiary/aromatic N) is 4. The van der Waals surface area contributed by atoms with Gasteiger partial charge in [-0.05, 0) is 24.8 Å². The zero-order valence-electron chi connectivity index (χ0n) is 11.3. The van der Waals surface area contributed by atoms with E-state index < -0.39 is 10.8 Å². The quantitative estimate of drug-likeness (QED) is 0.233. The Morgan fingerprint density at radius 2 is 2.38 bits per heavy atom. The number of pyridine rings is 1. The second-order valence-corrected chi connectivity index (χ2v) is 4.89. The molecule has 1 atom stereocenters. The van der Waals surface area contributed by atoms with Crippen LogP contribution in [0.1, 0.15) is 18.5 Å². The summed E-state index contributed by atoms with van der Waals surface area (Å²) in [7, 11) is 0. The molecule has 1 aromatic rings. The molecule has 1 aliphatic heterocycles. The number of hydrogen-bond donors (Lipinski definition) is 3. The molecule has 2 heterocycles. The molecule has 9 heteroatoms. The maximum atomic E-state index is 10.9. The molecule has 1 fully saturated rings. The Kier molecular flexibility index (Phi) is 4.53. The lowest BCUT2D eigenvalue weighted by Crippen LogP contribution is -2.24. The first kappa shape index (κ1) is 15.0. The molecule has 1 unspecified atom stereocenters. The van der Waals surface area contributed by atoms with Crippen LogP contribution in [0.4, 0.5) is 11.5 Å². The number of anilines is 1. The second kappa shape index (κ2) is 6.35. The van der Waals surface area contributed by atoms with Gasteiger partial charge in [0.05, 0.1) is 4.92 Å². The highest BCUT2D eigenvalue weighted by atomic mass is 16.6. The van der Waals surface area contributed by atoms with Crippen molar-refractivity contribution < 1.29 is 15.2 Å². The summed E-state index contributed by atoms with van der Waals surface area (Å²) < 4.78 is 0. The standard InChI is InChI=1S/C12H17N5O4/c13-12(15-19)11-9(17(20)21)1-2-10(14-11)16-5-3-8(7-16)4-6-18/h1-2,8,18-19H,3-7H2,(H2,13,15). The molecule has 0 spiro atoms. The van der Waals surface area contributed by atoms with Crippen LogP contribution in [0.5, 0.6) is 0 Å². The topological polar surface area (TPSA) is 138 Å². The van der Waals surface area contributed by atoms with Gasteiger partial charge >= 0.3 is 0 Å². The van der Waals surface area contributed by atoms with E-state index in [4.69, 9.17) is 16.0 Å². The minimum Gasteiger partial charge on any atom is -0.409 e. The van der Waals surface area contributed by atoms with Crippen LogP contribution >= 0.6 is 0 Å².